The van der Waals surface area contributed by atoms with E-state index in [2.05, 4.69) is 27.0 Å². The van der Waals surface area contributed by atoms with Gasteiger partial charge in [0.25, 0.3) is 5.92 Å². The molecule has 36 heavy (non-hydrogen) atoms. The number of pyridine rings is 1. The molecular formula is C26H41F2N5O3. The SMILES string of the molecule is CCC(F)(F)c1cnc2c(c1)N(C(=O)CN1C[C@@H](C)NC[C@@H]1CN1CCOC[C@@H]1COC)CC2(C)C. The first-order chi connectivity index (χ1) is 17.1. The molecule has 0 saturated carbocycles. The molecule has 0 radical (unpaired) electrons. The van der Waals surface area contributed by atoms with Gasteiger partial charge in [0.15, 0.2) is 0 Å². The van der Waals surface area contributed by atoms with Crippen LogP contribution in [0.1, 0.15) is 45.4 Å². The second kappa shape index (κ2) is 10.9. The van der Waals surface area contributed by atoms with Gasteiger partial charge in [0, 0.05) is 75.5 Å². The Bertz CT molecular complexity index is 929. The summed E-state index contributed by atoms with van der Waals surface area (Å²) in [6.07, 6.45) is 0.960. The molecule has 3 atom stereocenters. The Morgan fingerprint density at radius 2 is 2.11 bits per heavy atom. The molecule has 0 unspecified atom stereocenters. The van der Waals surface area contributed by atoms with Crippen LogP contribution in [0.4, 0.5) is 14.5 Å². The Balaban J connectivity index is 1.52. The van der Waals surface area contributed by atoms with Gasteiger partial charge in [-0.25, -0.2) is 8.78 Å². The molecule has 0 spiro atoms. The van der Waals surface area contributed by atoms with Gasteiger partial charge >= 0.3 is 0 Å². The van der Waals surface area contributed by atoms with Crippen LogP contribution in [0.3, 0.4) is 0 Å². The van der Waals surface area contributed by atoms with Gasteiger partial charge in [0.1, 0.15) is 0 Å². The number of carbonyl (C=O) groups excluding carboxylic acids is 1. The van der Waals surface area contributed by atoms with Crippen molar-refractivity contribution >= 4 is 11.6 Å². The molecular weight excluding hydrogens is 468 g/mol. The zero-order valence-corrected chi connectivity index (χ0v) is 22.2. The summed E-state index contributed by atoms with van der Waals surface area (Å²) in [6.45, 7) is 13.3. The molecule has 4 heterocycles. The number of nitrogens with one attached hydrogen (secondary N) is 1. The van der Waals surface area contributed by atoms with Crippen LogP contribution in [-0.2, 0) is 25.6 Å². The van der Waals surface area contributed by atoms with E-state index >= 15 is 0 Å². The molecule has 3 aliphatic rings. The number of anilines is 1. The summed E-state index contributed by atoms with van der Waals surface area (Å²) in [5.41, 5.74) is 0.683. The van der Waals surface area contributed by atoms with Crippen LogP contribution in [0.15, 0.2) is 12.3 Å². The minimum Gasteiger partial charge on any atom is -0.383 e. The summed E-state index contributed by atoms with van der Waals surface area (Å²) in [5.74, 6) is -3.05. The third-order valence-electron chi connectivity index (χ3n) is 7.74. The van der Waals surface area contributed by atoms with Crippen LogP contribution in [-0.4, -0.2) is 105 Å². The normalized spacial score (nSPS) is 27.3. The number of morpholine rings is 1. The van der Waals surface area contributed by atoms with Gasteiger partial charge in [-0.15, -0.1) is 0 Å². The topological polar surface area (TPSA) is 70.2 Å². The van der Waals surface area contributed by atoms with Gasteiger partial charge in [-0.1, -0.05) is 20.8 Å². The summed E-state index contributed by atoms with van der Waals surface area (Å²) in [5, 5.41) is 3.55. The van der Waals surface area contributed by atoms with Gasteiger partial charge in [-0.2, -0.15) is 0 Å². The maximum Gasteiger partial charge on any atom is 0.274 e. The number of fused-ring (bicyclic) bond motifs is 1. The zero-order valence-electron chi connectivity index (χ0n) is 22.2. The Kier molecular flexibility index (Phi) is 8.31. The number of hydrogen-bond donors (Lipinski definition) is 1. The van der Waals surface area contributed by atoms with E-state index in [4.69, 9.17) is 9.47 Å². The van der Waals surface area contributed by atoms with Crippen molar-refractivity contribution in [1.82, 2.24) is 20.1 Å². The summed E-state index contributed by atoms with van der Waals surface area (Å²) < 4.78 is 40.0. The average Bonchev–Trinajstić information content (AvgIpc) is 3.12. The Labute approximate surface area is 213 Å². The first-order valence-electron chi connectivity index (χ1n) is 13.0. The monoisotopic (exact) mass is 509 g/mol. The number of aromatic nitrogens is 1. The smallest absolute Gasteiger partial charge is 0.274 e. The Morgan fingerprint density at radius 1 is 1.33 bits per heavy atom. The maximum absolute atomic E-state index is 14.5. The van der Waals surface area contributed by atoms with Crippen LogP contribution >= 0.6 is 0 Å². The van der Waals surface area contributed by atoms with E-state index in [-0.39, 0.29) is 42.6 Å². The number of methoxy groups -OCH3 is 1. The highest BCUT2D eigenvalue weighted by atomic mass is 19.3. The third-order valence-corrected chi connectivity index (χ3v) is 7.74. The van der Waals surface area contributed by atoms with Crippen LogP contribution in [0.5, 0.6) is 0 Å². The highest BCUT2D eigenvalue weighted by Gasteiger charge is 2.42. The lowest BCUT2D eigenvalue weighted by Crippen LogP contribution is -2.62. The predicted molar refractivity (Wildman–Crippen MR) is 135 cm³/mol. The molecule has 10 heteroatoms. The number of halogens is 2. The Hall–Kier alpha value is -1.72. The minimum absolute atomic E-state index is 0.0740. The molecule has 3 aliphatic heterocycles. The van der Waals surface area contributed by atoms with Gasteiger partial charge in [0.05, 0.1) is 43.8 Å². The van der Waals surface area contributed by atoms with E-state index in [9.17, 15) is 13.6 Å². The molecule has 8 nitrogen and oxygen atoms in total. The standard InChI is InChI=1S/C26H41F2N5O3/c1-6-26(27,28)19-9-22-24(30-10-19)25(3,4)17-33(22)23(34)14-32-12-18(2)29-11-20(32)13-31-7-8-36-16-21(31)15-35-5/h9-10,18,20-21,29H,6-8,11-17H2,1-5H3/t18-,20-,21+/m1/s1. The fourth-order valence-corrected chi connectivity index (χ4v) is 5.57. The second-order valence-electron chi connectivity index (χ2n) is 11.1. The quantitative estimate of drug-likeness (QED) is 0.576. The minimum atomic E-state index is -2.97. The van der Waals surface area contributed by atoms with Gasteiger partial charge < -0.3 is 19.7 Å². The molecule has 202 valence electrons. The van der Waals surface area contributed by atoms with Gasteiger partial charge in [0.2, 0.25) is 5.91 Å². The first-order valence-corrected chi connectivity index (χ1v) is 13.0. The van der Waals surface area contributed by atoms with Crippen molar-refractivity contribution in [1.29, 1.82) is 0 Å². The van der Waals surface area contributed by atoms with E-state index in [1.165, 1.54) is 19.2 Å². The molecule has 1 amide bonds. The van der Waals surface area contributed by atoms with Crippen molar-refractivity contribution in [3.63, 3.8) is 0 Å². The van der Waals surface area contributed by atoms with E-state index in [1.807, 2.05) is 13.8 Å². The summed E-state index contributed by atoms with van der Waals surface area (Å²) in [4.78, 5) is 24.4. The number of nitrogens with zero attached hydrogens (tertiary/aromatic N) is 4. The first kappa shape index (κ1) is 27.3. The van der Waals surface area contributed by atoms with Crippen LogP contribution < -0.4 is 10.2 Å². The van der Waals surface area contributed by atoms with E-state index in [1.54, 1.807) is 12.0 Å². The van der Waals surface area contributed by atoms with Gasteiger partial charge in [-0.3, -0.25) is 19.6 Å². The number of hydrogen-bond acceptors (Lipinski definition) is 7. The summed E-state index contributed by atoms with van der Waals surface area (Å²) in [7, 11) is 1.70. The number of carbonyl (C=O) groups is 1. The molecule has 2 fully saturated rings. The van der Waals surface area contributed by atoms with E-state index in [0.29, 0.717) is 37.7 Å². The Morgan fingerprint density at radius 3 is 2.83 bits per heavy atom. The number of amides is 1. The van der Waals surface area contributed by atoms with Crippen LogP contribution in [0, 0.1) is 0 Å². The highest BCUT2D eigenvalue weighted by molar-refractivity contribution is 5.97. The van der Waals surface area contributed by atoms with E-state index < -0.39 is 11.3 Å². The lowest BCUT2D eigenvalue weighted by molar-refractivity contribution is -0.121. The lowest BCUT2D eigenvalue weighted by atomic mass is 9.91. The number of rotatable bonds is 8. The maximum atomic E-state index is 14.5. The molecule has 1 aromatic heterocycles. The number of ether oxygens (including phenoxy) is 2. The average molecular weight is 510 g/mol. The van der Waals surface area contributed by atoms with Gasteiger partial charge in [-0.05, 0) is 13.0 Å². The third kappa shape index (κ3) is 5.72. The molecule has 1 aromatic rings. The highest BCUT2D eigenvalue weighted by Crippen LogP contribution is 2.42. The molecule has 0 aliphatic carbocycles. The zero-order chi connectivity index (χ0) is 26.1. The van der Waals surface area contributed by atoms with Crippen molar-refractivity contribution in [2.24, 2.45) is 0 Å². The fraction of sp³-hybridized carbons (Fsp3) is 0.769. The van der Waals surface area contributed by atoms with Crippen molar-refractivity contribution in [2.75, 3.05) is 71.1 Å². The van der Waals surface area contributed by atoms with E-state index in [0.717, 1.165) is 26.2 Å². The lowest BCUT2D eigenvalue weighted by Gasteiger charge is -2.44. The molecule has 0 bridgehead atoms. The molecule has 1 N–H and O–H groups in total. The largest absolute Gasteiger partial charge is 0.383 e. The van der Waals surface area contributed by atoms with Crippen molar-refractivity contribution in [3.8, 4) is 0 Å². The second-order valence-corrected chi connectivity index (χ2v) is 11.1. The fourth-order valence-electron chi connectivity index (χ4n) is 5.57. The predicted octanol–water partition coefficient (Wildman–Crippen LogP) is 2.22. The molecule has 0 aromatic carbocycles. The number of piperazine rings is 1. The van der Waals surface area contributed by atoms with Crippen LogP contribution in [0.2, 0.25) is 0 Å². The summed E-state index contributed by atoms with van der Waals surface area (Å²) >= 11 is 0. The summed E-state index contributed by atoms with van der Waals surface area (Å²) in [6, 6.07) is 2.06. The van der Waals surface area contributed by atoms with Crippen LogP contribution in [0.25, 0.3) is 0 Å². The molecule has 2 saturated heterocycles. The van der Waals surface area contributed by atoms with Crippen molar-refractivity contribution in [2.45, 2.75) is 63.6 Å². The number of alkyl halides is 2. The van der Waals surface area contributed by atoms with Crippen molar-refractivity contribution in [3.05, 3.63) is 23.5 Å². The molecule has 4 rings (SSSR count). The van der Waals surface area contributed by atoms with Crippen molar-refractivity contribution < 1.29 is 23.0 Å².